The second-order valence-corrected chi connectivity index (χ2v) is 5.82. The Bertz CT molecular complexity index is 565. The summed E-state index contributed by atoms with van der Waals surface area (Å²) in [6.45, 7) is 3.91. The molecular weight excluding hydrogens is 247 g/mol. The summed E-state index contributed by atoms with van der Waals surface area (Å²) in [5.74, 6) is -0.420. The van der Waals surface area contributed by atoms with E-state index in [1.165, 1.54) is 12.1 Å². The smallest absolute Gasteiger partial charge is 0.267 e. The second kappa shape index (κ2) is 3.79. The lowest BCUT2D eigenvalue weighted by Crippen LogP contribution is -2.39. The molecule has 0 bridgehead atoms. The number of carbonyl (C=O) groups excluding carboxylic acids is 1. The van der Waals surface area contributed by atoms with E-state index in [1.54, 1.807) is 12.1 Å². The number of hydrogen-bond acceptors (Lipinski definition) is 3. The first kappa shape index (κ1) is 12.1. The van der Waals surface area contributed by atoms with Crippen LogP contribution in [0.15, 0.2) is 29.4 Å². The molecule has 1 spiro atoms. The van der Waals surface area contributed by atoms with Crippen molar-refractivity contribution in [3.05, 3.63) is 35.6 Å². The van der Waals surface area contributed by atoms with Gasteiger partial charge in [0, 0.05) is 18.4 Å². The van der Waals surface area contributed by atoms with Crippen molar-refractivity contribution in [2.75, 3.05) is 0 Å². The molecule has 0 saturated carbocycles. The average Bonchev–Trinajstić information content (AvgIpc) is 2.83. The summed E-state index contributed by atoms with van der Waals surface area (Å²) in [6, 6.07) is 6.05. The van der Waals surface area contributed by atoms with Crippen molar-refractivity contribution in [3.63, 3.8) is 0 Å². The summed E-state index contributed by atoms with van der Waals surface area (Å²) in [4.78, 5) is 17.5. The molecular formula is C14H15FN2O2. The number of rotatable bonds is 1. The van der Waals surface area contributed by atoms with Gasteiger partial charge in [0.2, 0.25) is 5.60 Å². The highest BCUT2D eigenvalue weighted by molar-refractivity contribution is 6.06. The molecule has 0 unspecified atom stereocenters. The number of halogens is 1. The van der Waals surface area contributed by atoms with Crippen LogP contribution in [-0.2, 0) is 9.63 Å². The van der Waals surface area contributed by atoms with E-state index in [1.807, 2.05) is 13.8 Å². The molecule has 3 rings (SSSR count). The molecule has 1 amide bonds. The van der Waals surface area contributed by atoms with Gasteiger partial charge >= 0.3 is 0 Å². The van der Waals surface area contributed by atoms with Gasteiger partial charge in [-0.1, -0.05) is 17.3 Å². The van der Waals surface area contributed by atoms with Crippen LogP contribution in [0, 0.1) is 5.82 Å². The number of oxime groups is 1. The molecule has 1 atom stereocenters. The maximum Gasteiger partial charge on any atom is 0.267 e. The van der Waals surface area contributed by atoms with Crippen LogP contribution < -0.4 is 5.32 Å². The first-order chi connectivity index (χ1) is 8.90. The fraction of sp³-hybridized carbons (Fsp3) is 0.429. The predicted octanol–water partition coefficient (Wildman–Crippen LogP) is 1.99. The molecule has 2 aliphatic rings. The molecule has 0 aliphatic carbocycles. The summed E-state index contributed by atoms with van der Waals surface area (Å²) in [6.07, 6.45) is 1.00. The molecule has 1 saturated heterocycles. The number of carbonyl (C=O) groups is 1. The number of benzene rings is 1. The monoisotopic (exact) mass is 262 g/mol. The third kappa shape index (κ3) is 1.99. The summed E-state index contributed by atoms with van der Waals surface area (Å²) in [5, 5.41) is 6.93. The van der Waals surface area contributed by atoms with E-state index in [2.05, 4.69) is 10.5 Å². The molecule has 1 aromatic carbocycles. The first-order valence-corrected chi connectivity index (χ1v) is 6.24. The molecule has 4 nitrogen and oxygen atoms in total. The van der Waals surface area contributed by atoms with Crippen molar-refractivity contribution in [2.24, 2.45) is 5.16 Å². The Morgan fingerprint density at radius 2 is 2.00 bits per heavy atom. The van der Waals surface area contributed by atoms with Gasteiger partial charge in [0.1, 0.15) is 5.82 Å². The Hall–Kier alpha value is -1.91. The van der Waals surface area contributed by atoms with Crippen LogP contribution in [0.4, 0.5) is 4.39 Å². The lowest BCUT2D eigenvalue weighted by atomic mass is 9.87. The molecule has 100 valence electrons. The lowest BCUT2D eigenvalue weighted by molar-refractivity contribution is -0.138. The highest BCUT2D eigenvalue weighted by Crippen LogP contribution is 2.39. The fourth-order valence-electron chi connectivity index (χ4n) is 2.75. The molecule has 0 aromatic heterocycles. The van der Waals surface area contributed by atoms with Crippen LogP contribution in [0.1, 0.15) is 32.3 Å². The van der Waals surface area contributed by atoms with Crippen LogP contribution in [0.5, 0.6) is 0 Å². The van der Waals surface area contributed by atoms with Crippen LogP contribution in [0.3, 0.4) is 0 Å². The zero-order valence-electron chi connectivity index (χ0n) is 10.9. The number of nitrogens with zero attached hydrogens (tertiary/aromatic N) is 1. The van der Waals surface area contributed by atoms with Gasteiger partial charge in [0.15, 0.2) is 0 Å². The van der Waals surface area contributed by atoms with Gasteiger partial charge in [-0.05, 0) is 31.5 Å². The Labute approximate surface area is 110 Å². The third-order valence-electron chi connectivity index (χ3n) is 3.55. The SMILES string of the molecule is CC1(C)C[C@]2(CC(c3ccc(F)cc3)=NO2)C(=O)N1. The van der Waals surface area contributed by atoms with E-state index in [0.717, 1.165) is 5.56 Å². The number of hydrogen-bond donors (Lipinski definition) is 1. The third-order valence-corrected chi connectivity index (χ3v) is 3.55. The van der Waals surface area contributed by atoms with E-state index < -0.39 is 5.60 Å². The Kier molecular flexibility index (Phi) is 2.42. The van der Waals surface area contributed by atoms with E-state index in [0.29, 0.717) is 18.6 Å². The first-order valence-electron chi connectivity index (χ1n) is 6.24. The number of nitrogens with one attached hydrogen (secondary N) is 1. The van der Waals surface area contributed by atoms with Crippen molar-refractivity contribution < 1.29 is 14.0 Å². The van der Waals surface area contributed by atoms with Crippen molar-refractivity contribution in [1.29, 1.82) is 0 Å². The van der Waals surface area contributed by atoms with E-state index in [9.17, 15) is 9.18 Å². The second-order valence-electron chi connectivity index (χ2n) is 5.82. The zero-order chi connectivity index (χ0) is 13.7. The van der Waals surface area contributed by atoms with Crippen molar-refractivity contribution in [2.45, 2.75) is 37.8 Å². The minimum Gasteiger partial charge on any atom is -0.378 e. The Morgan fingerprint density at radius 3 is 2.58 bits per heavy atom. The van der Waals surface area contributed by atoms with Crippen LogP contribution >= 0.6 is 0 Å². The maximum absolute atomic E-state index is 12.9. The molecule has 2 aliphatic heterocycles. The quantitative estimate of drug-likeness (QED) is 0.841. The Morgan fingerprint density at radius 1 is 1.32 bits per heavy atom. The topological polar surface area (TPSA) is 50.7 Å². The van der Waals surface area contributed by atoms with Gasteiger partial charge in [0.25, 0.3) is 5.91 Å². The highest BCUT2D eigenvalue weighted by atomic mass is 19.1. The van der Waals surface area contributed by atoms with Gasteiger partial charge in [-0.3, -0.25) is 4.79 Å². The van der Waals surface area contributed by atoms with Crippen LogP contribution in [0.25, 0.3) is 0 Å². The van der Waals surface area contributed by atoms with Gasteiger partial charge in [-0.2, -0.15) is 0 Å². The van der Waals surface area contributed by atoms with E-state index in [-0.39, 0.29) is 17.3 Å². The summed E-state index contributed by atoms with van der Waals surface area (Å²) >= 11 is 0. The highest BCUT2D eigenvalue weighted by Gasteiger charge is 2.56. The zero-order valence-corrected chi connectivity index (χ0v) is 10.9. The Balaban J connectivity index is 1.83. The summed E-state index contributed by atoms with van der Waals surface area (Å²) < 4.78 is 12.9. The van der Waals surface area contributed by atoms with Gasteiger partial charge < -0.3 is 10.2 Å². The fourth-order valence-corrected chi connectivity index (χ4v) is 2.75. The van der Waals surface area contributed by atoms with Gasteiger partial charge in [-0.25, -0.2) is 4.39 Å². The van der Waals surface area contributed by atoms with Gasteiger partial charge in [-0.15, -0.1) is 0 Å². The van der Waals surface area contributed by atoms with Crippen molar-refractivity contribution >= 4 is 11.6 Å². The van der Waals surface area contributed by atoms with Gasteiger partial charge in [0.05, 0.1) is 5.71 Å². The van der Waals surface area contributed by atoms with E-state index in [4.69, 9.17) is 4.84 Å². The minimum absolute atomic E-state index is 0.127. The predicted molar refractivity (Wildman–Crippen MR) is 68.2 cm³/mol. The molecule has 19 heavy (non-hydrogen) atoms. The summed E-state index contributed by atoms with van der Waals surface area (Å²) in [5.41, 5.74) is 0.293. The minimum atomic E-state index is -0.896. The molecule has 1 N–H and O–H groups in total. The van der Waals surface area contributed by atoms with Crippen molar-refractivity contribution in [1.82, 2.24) is 5.32 Å². The van der Waals surface area contributed by atoms with E-state index >= 15 is 0 Å². The lowest BCUT2D eigenvalue weighted by Gasteiger charge is -2.19. The van der Waals surface area contributed by atoms with Crippen molar-refractivity contribution in [3.8, 4) is 0 Å². The normalized spacial score (nSPS) is 28.2. The molecule has 1 aromatic rings. The average molecular weight is 262 g/mol. The molecule has 1 fully saturated rings. The number of amides is 1. The maximum atomic E-state index is 12.9. The molecule has 2 heterocycles. The largest absolute Gasteiger partial charge is 0.378 e. The van der Waals surface area contributed by atoms with Crippen LogP contribution in [0.2, 0.25) is 0 Å². The molecule has 5 heteroatoms. The summed E-state index contributed by atoms with van der Waals surface area (Å²) in [7, 11) is 0. The molecule has 0 radical (unpaired) electrons. The standard InChI is InChI=1S/C14H15FN2O2/c1-13(2)8-14(12(18)16-13)7-11(17-19-14)9-3-5-10(15)6-4-9/h3-6H,7-8H2,1-2H3,(H,16,18)/t14-/m1/s1. The van der Waals surface area contributed by atoms with Crippen LogP contribution in [-0.4, -0.2) is 22.8 Å².